The molecule has 0 aliphatic rings. The molecule has 0 bridgehead atoms. The molecule has 3 aromatic rings. The second kappa shape index (κ2) is 6.84. The van der Waals surface area contributed by atoms with Gasteiger partial charge in [0.25, 0.3) is 5.91 Å². The van der Waals surface area contributed by atoms with Crippen molar-refractivity contribution in [1.29, 1.82) is 0 Å². The summed E-state index contributed by atoms with van der Waals surface area (Å²) in [5, 5.41) is 0.562. The van der Waals surface area contributed by atoms with Gasteiger partial charge in [0.15, 0.2) is 0 Å². The lowest BCUT2D eigenvalue weighted by atomic mass is 10.1. The highest BCUT2D eigenvalue weighted by Gasteiger charge is 2.18. The van der Waals surface area contributed by atoms with Crippen LogP contribution in [0.25, 0.3) is 11.0 Å². The van der Waals surface area contributed by atoms with Crippen LogP contribution in [-0.2, 0) is 6.54 Å². The molecule has 1 amide bonds. The minimum absolute atomic E-state index is 0.00610. The zero-order valence-electron chi connectivity index (χ0n) is 14.3. The summed E-state index contributed by atoms with van der Waals surface area (Å²) in [5.41, 5.74) is 0.0285. The Morgan fingerprint density at radius 3 is 2.72 bits per heavy atom. The highest BCUT2D eigenvalue weighted by molar-refractivity contribution is 6.05. The maximum atomic E-state index is 12.8. The summed E-state index contributed by atoms with van der Waals surface area (Å²) >= 11 is 0. The van der Waals surface area contributed by atoms with Gasteiger partial charge in [0.05, 0.1) is 24.5 Å². The van der Waals surface area contributed by atoms with Crippen LogP contribution in [0.5, 0.6) is 5.75 Å². The number of nitrogens with zero attached hydrogens (tertiary/aromatic N) is 1. The molecule has 25 heavy (non-hydrogen) atoms. The van der Waals surface area contributed by atoms with E-state index >= 15 is 0 Å². The summed E-state index contributed by atoms with van der Waals surface area (Å²) in [6.45, 7) is 4.12. The minimum Gasteiger partial charge on any atom is -0.491 e. The first kappa shape index (κ1) is 16.8. The van der Waals surface area contributed by atoms with Gasteiger partial charge in [-0.05, 0) is 38.1 Å². The molecule has 0 N–H and O–H groups in total. The van der Waals surface area contributed by atoms with Crippen LogP contribution in [0.4, 0.5) is 0 Å². The maximum Gasteiger partial charge on any atom is 0.337 e. The van der Waals surface area contributed by atoms with E-state index in [1.54, 1.807) is 43.6 Å². The maximum absolute atomic E-state index is 12.8. The zero-order valence-corrected chi connectivity index (χ0v) is 14.3. The molecule has 0 atom stereocenters. The molecule has 0 aliphatic heterocycles. The predicted octanol–water partition coefficient (Wildman–Crippen LogP) is 3.45. The van der Waals surface area contributed by atoms with E-state index < -0.39 is 5.63 Å². The van der Waals surface area contributed by atoms with E-state index in [-0.39, 0.29) is 17.6 Å². The number of carbonyl (C=O) groups excluding carboxylic acids is 1. The first-order valence-electron chi connectivity index (χ1n) is 7.96. The number of fused-ring (bicyclic) bond motifs is 1. The fraction of sp³-hybridized carbons (Fsp3) is 0.263. The fourth-order valence-electron chi connectivity index (χ4n) is 2.58. The van der Waals surface area contributed by atoms with Gasteiger partial charge in [-0.2, -0.15) is 0 Å². The first-order chi connectivity index (χ1) is 11.9. The van der Waals surface area contributed by atoms with Crippen LogP contribution in [0.15, 0.2) is 56.3 Å². The van der Waals surface area contributed by atoms with E-state index in [1.165, 1.54) is 11.0 Å². The summed E-state index contributed by atoms with van der Waals surface area (Å²) in [6, 6.07) is 9.87. The van der Waals surface area contributed by atoms with Crippen LogP contribution < -0.4 is 10.4 Å². The Bertz CT molecular complexity index is 940. The quantitative estimate of drug-likeness (QED) is 0.665. The van der Waals surface area contributed by atoms with Gasteiger partial charge >= 0.3 is 5.63 Å². The molecular formula is C19H19NO5. The molecule has 0 saturated heterocycles. The molecule has 0 saturated carbocycles. The lowest BCUT2D eigenvalue weighted by Gasteiger charge is -2.17. The van der Waals surface area contributed by atoms with Crippen molar-refractivity contribution in [2.75, 3.05) is 7.05 Å². The number of amides is 1. The fourth-order valence-corrected chi connectivity index (χ4v) is 2.58. The molecule has 130 valence electrons. The van der Waals surface area contributed by atoms with Crippen molar-refractivity contribution in [2.45, 2.75) is 26.5 Å². The Morgan fingerprint density at radius 2 is 2.04 bits per heavy atom. The minimum atomic E-state index is -0.580. The van der Waals surface area contributed by atoms with Crippen LogP contribution in [0.2, 0.25) is 0 Å². The molecule has 0 fully saturated rings. The number of ether oxygens (including phenoxy) is 1. The monoisotopic (exact) mass is 341 g/mol. The Morgan fingerprint density at radius 1 is 1.24 bits per heavy atom. The number of benzene rings is 1. The standard InChI is InChI=1S/C19H19NO5/c1-12(2)24-13-6-7-15-16(10-18(21)25-17(15)9-13)19(22)20(3)11-14-5-4-8-23-14/h4-10,12H,11H2,1-3H3. The zero-order chi connectivity index (χ0) is 18.0. The third-order valence-corrected chi connectivity index (χ3v) is 3.64. The van der Waals surface area contributed by atoms with Crippen LogP contribution in [0, 0.1) is 0 Å². The highest BCUT2D eigenvalue weighted by Crippen LogP contribution is 2.24. The predicted molar refractivity (Wildman–Crippen MR) is 92.8 cm³/mol. The highest BCUT2D eigenvalue weighted by atomic mass is 16.5. The third kappa shape index (κ3) is 3.74. The molecule has 1 aromatic carbocycles. The van der Waals surface area contributed by atoms with Crippen molar-refractivity contribution in [2.24, 2.45) is 0 Å². The molecule has 0 unspecified atom stereocenters. The molecule has 0 aliphatic carbocycles. The topological polar surface area (TPSA) is 72.9 Å². The normalized spacial score (nSPS) is 11.0. The van der Waals surface area contributed by atoms with Crippen molar-refractivity contribution < 1.29 is 18.4 Å². The molecular weight excluding hydrogens is 322 g/mol. The number of hydrogen-bond donors (Lipinski definition) is 0. The van der Waals surface area contributed by atoms with E-state index in [1.807, 2.05) is 13.8 Å². The molecule has 2 aromatic heterocycles. The molecule has 3 rings (SSSR count). The van der Waals surface area contributed by atoms with Crippen molar-refractivity contribution in [3.8, 4) is 5.75 Å². The summed E-state index contributed by atoms with van der Waals surface area (Å²) in [6.07, 6.45) is 1.55. The Balaban J connectivity index is 1.97. The summed E-state index contributed by atoms with van der Waals surface area (Å²) in [7, 11) is 1.65. The van der Waals surface area contributed by atoms with Gasteiger partial charge in [-0.25, -0.2) is 4.79 Å². The van der Waals surface area contributed by atoms with Gasteiger partial charge in [-0.15, -0.1) is 0 Å². The summed E-state index contributed by atoms with van der Waals surface area (Å²) < 4.78 is 16.1. The number of hydrogen-bond acceptors (Lipinski definition) is 5. The van der Waals surface area contributed by atoms with E-state index in [2.05, 4.69) is 0 Å². The van der Waals surface area contributed by atoms with Crippen molar-refractivity contribution >= 4 is 16.9 Å². The average molecular weight is 341 g/mol. The van der Waals surface area contributed by atoms with E-state index in [0.29, 0.717) is 29.0 Å². The van der Waals surface area contributed by atoms with E-state index in [9.17, 15) is 9.59 Å². The molecule has 2 heterocycles. The average Bonchev–Trinajstić information content (AvgIpc) is 3.05. The second-order valence-electron chi connectivity index (χ2n) is 6.04. The van der Waals surface area contributed by atoms with Gasteiger partial charge in [-0.1, -0.05) is 0 Å². The van der Waals surface area contributed by atoms with Crippen molar-refractivity contribution in [3.05, 3.63) is 64.4 Å². The van der Waals surface area contributed by atoms with Crippen LogP contribution >= 0.6 is 0 Å². The van der Waals surface area contributed by atoms with E-state index in [4.69, 9.17) is 13.6 Å². The molecule has 0 radical (unpaired) electrons. The van der Waals surface area contributed by atoms with Crippen molar-refractivity contribution in [3.63, 3.8) is 0 Å². The van der Waals surface area contributed by atoms with Gasteiger partial charge in [0.2, 0.25) is 0 Å². The van der Waals surface area contributed by atoms with Crippen LogP contribution in [0.3, 0.4) is 0 Å². The SMILES string of the molecule is CC(C)Oc1ccc2c(C(=O)N(C)Cc3ccco3)cc(=O)oc2c1. The Labute approximate surface area is 144 Å². The lowest BCUT2D eigenvalue weighted by Crippen LogP contribution is -2.27. The van der Waals surface area contributed by atoms with Gasteiger partial charge in [0.1, 0.15) is 17.1 Å². The smallest absolute Gasteiger partial charge is 0.337 e. The molecule has 6 nitrogen and oxygen atoms in total. The summed E-state index contributed by atoms with van der Waals surface area (Å²) in [4.78, 5) is 26.1. The van der Waals surface area contributed by atoms with Gasteiger partial charge in [-0.3, -0.25) is 4.79 Å². The largest absolute Gasteiger partial charge is 0.491 e. The number of carbonyl (C=O) groups is 1. The van der Waals surface area contributed by atoms with E-state index in [0.717, 1.165) is 0 Å². The van der Waals surface area contributed by atoms with Gasteiger partial charge < -0.3 is 18.5 Å². The van der Waals surface area contributed by atoms with Gasteiger partial charge in [0, 0.05) is 24.6 Å². The Kier molecular flexibility index (Phi) is 4.61. The molecule has 6 heteroatoms. The Hall–Kier alpha value is -3.02. The van der Waals surface area contributed by atoms with Crippen LogP contribution in [0.1, 0.15) is 30.0 Å². The second-order valence-corrected chi connectivity index (χ2v) is 6.04. The molecule has 0 spiro atoms. The van der Waals surface area contributed by atoms with Crippen LogP contribution in [-0.4, -0.2) is 24.0 Å². The first-order valence-corrected chi connectivity index (χ1v) is 7.96. The third-order valence-electron chi connectivity index (χ3n) is 3.64. The lowest BCUT2D eigenvalue weighted by molar-refractivity contribution is 0.0776. The number of furan rings is 1. The number of rotatable bonds is 5. The summed E-state index contributed by atoms with van der Waals surface area (Å²) in [5.74, 6) is 0.960. The van der Waals surface area contributed by atoms with Crippen molar-refractivity contribution in [1.82, 2.24) is 4.90 Å².